The van der Waals surface area contributed by atoms with Crippen LogP contribution >= 0.6 is 0 Å². The number of unbranched alkanes of at least 4 members (excludes halogenated alkanes) is 2. The molecule has 1 heterocycles. The quantitative estimate of drug-likeness (QED) is 0.0897. The number of hydrogen-bond acceptors (Lipinski definition) is 3. The molecule has 1 saturated heterocycles. The molecule has 0 unspecified atom stereocenters. The maximum absolute atomic E-state index is 15.2. The van der Waals surface area contributed by atoms with Gasteiger partial charge in [-0.15, -0.1) is 0 Å². The van der Waals surface area contributed by atoms with Gasteiger partial charge in [-0.2, -0.15) is 8.78 Å². The molecule has 254 valence electrons. The van der Waals surface area contributed by atoms with Gasteiger partial charge in [0, 0.05) is 46.4 Å². The summed E-state index contributed by atoms with van der Waals surface area (Å²) in [4.78, 5) is 0. The van der Waals surface area contributed by atoms with Crippen molar-refractivity contribution in [1.82, 2.24) is 0 Å². The summed E-state index contributed by atoms with van der Waals surface area (Å²) >= 11 is 0. The van der Waals surface area contributed by atoms with Crippen molar-refractivity contribution >= 4 is 6.08 Å². The fraction of sp³-hybridized carbons (Fsp3) is 0.278. The highest BCUT2D eigenvalue weighted by Crippen LogP contribution is 2.35. The van der Waals surface area contributed by atoms with Crippen molar-refractivity contribution in [3.63, 3.8) is 0 Å². The van der Waals surface area contributed by atoms with Crippen molar-refractivity contribution in [1.29, 1.82) is 0 Å². The van der Waals surface area contributed by atoms with Gasteiger partial charge in [-0.1, -0.05) is 50.5 Å². The fourth-order valence-electron chi connectivity index (χ4n) is 5.28. The summed E-state index contributed by atoms with van der Waals surface area (Å²) in [6, 6.07) is 9.59. The van der Waals surface area contributed by atoms with Crippen molar-refractivity contribution < 1.29 is 53.7 Å². The van der Waals surface area contributed by atoms with Crippen LogP contribution in [0.15, 0.2) is 66.7 Å². The van der Waals surface area contributed by atoms with Gasteiger partial charge < -0.3 is 14.2 Å². The molecule has 5 rings (SSSR count). The van der Waals surface area contributed by atoms with Crippen molar-refractivity contribution in [3.8, 4) is 28.0 Å². The second kappa shape index (κ2) is 14.9. The molecular formula is C36H29F9O3. The SMILES string of the molecule is CCCCCC1COC(c2ccc(-c3ccc(-c4cc(F)c(C=CC(F)(F)Oc5cc(F)c(F)c(F)c5)c(F)c4)c(F)c3)c(F)c2)OC1. The smallest absolute Gasteiger partial charge is 0.419 e. The molecule has 12 heteroatoms. The number of hydrogen-bond donors (Lipinski definition) is 0. The zero-order chi connectivity index (χ0) is 34.6. The van der Waals surface area contributed by atoms with Crippen LogP contribution in [0.3, 0.4) is 0 Å². The molecule has 0 atom stereocenters. The Morgan fingerprint density at radius 2 is 1.29 bits per heavy atom. The van der Waals surface area contributed by atoms with Gasteiger partial charge in [-0.3, -0.25) is 0 Å². The Kier molecular flexibility index (Phi) is 10.8. The predicted molar refractivity (Wildman–Crippen MR) is 160 cm³/mol. The van der Waals surface area contributed by atoms with E-state index in [0.29, 0.717) is 37.0 Å². The summed E-state index contributed by atoms with van der Waals surface area (Å²) in [5, 5.41) is 0. The zero-order valence-corrected chi connectivity index (χ0v) is 25.5. The van der Waals surface area contributed by atoms with Crippen LogP contribution in [0.1, 0.15) is 50.0 Å². The van der Waals surface area contributed by atoms with Crippen LogP contribution < -0.4 is 4.74 Å². The van der Waals surface area contributed by atoms with Crippen LogP contribution in [0.25, 0.3) is 28.3 Å². The van der Waals surface area contributed by atoms with Crippen LogP contribution in [0.2, 0.25) is 0 Å². The lowest BCUT2D eigenvalue weighted by Crippen LogP contribution is -2.27. The molecule has 3 nitrogen and oxygen atoms in total. The van der Waals surface area contributed by atoms with E-state index in [1.807, 2.05) is 0 Å². The summed E-state index contributed by atoms with van der Waals surface area (Å²) in [6.45, 7) is 3.11. The molecule has 1 aliphatic heterocycles. The van der Waals surface area contributed by atoms with Gasteiger partial charge in [0.15, 0.2) is 23.7 Å². The van der Waals surface area contributed by atoms with E-state index in [4.69, 9.17) is 9.47 Å². The highest BCUT2D eigenvalue weighted by atomic mass is 19.3. The molecule has 1 fully saturated rings. The third-order valence-corrected chi connectivity index (χ3v) is 7.77. The second-order valence-corrected chi connectivity index (χ2v) is 11.3. The van der Waals surface area contributed by atoms with E-state index in [-0.39, 0.29) is 46.4 Å². The zero-order valence-electron chi connectivity index (χ0n) is 25.5. The third-order valence-electron chi connectivity index (χ3n) is 7.77. The van der Waals surface area contributed by atoms with Crippen molar-refractivity contribution in [3.05, 3.63) is 119 Å². The van der Waals surface area contributed by atoms with Crippen LogP contribution in [-0.2, 0) is 9.47 Å². The lowest BCUT2D eigenvalue weighted by molar-refractivity contribution is -0.206. The molecule has 0 N–H and O–H groups in total. The van der Waals surface area contributed by atoms with E-state index in [9.17, 15) is 30.7 Å². The van der Waals surface area contributed by atoms with Crippen LogP contribution in [0.5, 0.6) is 5.75 Å². The first-order valence-electron chi connectivity index (χ1n) is 15.1. The lowest BCUT2D eigenvalue weighted by Gasteiger charge is -2.29. The molecule has 1 aliphatic rings. The summed E-state index contributed by atoms with van der Waals surface area (Å²) in [6.07, 6.45) is -0.508. The first kappa shape index (κ1) is 35.0. The van der Waals surface area contributed by atoms with E-state index in [1.165, 1.54) is 24.3 Å². The summed E-state index contributed by atoms with van der Waals surface area (Å²) in [5.74, 6) is -10.6. The standard InChI is InChI=1S/C36H29F9O3/c1-2-3-4-5-20-18-46-35(47-19-20)22-7-9-25(29(38)13-22)21-6-8-26(28(37)12-21)23-14-30(39)27(31(40)15-23)10-11-36(44,45)48-24-16-32(41)34(43)33(42)17-24/h6-17,20,35H,2-5,18-19H2,1H3. The Morgan fingerprint density at radius 1 is 0.708 bits per heavy atom. The highest BCUT2D eigenvalue weighted by Gasteiger charge is 2.30. The van der Waals surface area contributed by atoms with Crippen molar-refractivity contribution in [2.75, 3.05) is 13.2 Å². The maximum Gasteiger partial charge on any atom is 0.419 e. The normalized spacial score (nSPS) is 16.9. The molecule has 4 aromatic rings. The summed E-state index contributed by atoms with van der Waals surface area (Å²) < 4.78 is 144. The Labute approximate surface area is 270 Å². The minimum absolute atomic E-state index is 0.0598. The third kappa shape index (κ3) is 8.22. The molecule has 0 spiro atoms. The van der Waals surface area contributed by atoms with E-state index in [1.54, 1.807) is 6.07 Å². The molecular weight excluding hydrogens is 651 g/mol. The molecule has 48 heavy (non-hydrogen) atoms. The molecule has 0 aliphatic carbocycles. The number of alkyl halides is 2. The van der Waals surface area contributed by atoms with Crippen LogP contribution in [0.4, 0.5) is 39.5 Å². The number of ether oxygens (including phenoxy) is 3. The Morgan fingerprint density at radius 3 is 1.90 bits per heavy atom. The average Bonchev–Trinajstić information content (AvgIpc) is 3.03. The number of halogens is 9. The minimum Gasteiger partial charge on any atom is -0.429 e. The van der Waals surface area contributed by atoms with Crippen molar-refractivity contribution in [2.45, 2.75) is 45.0 Å². The van der Waals surface area contributed by atoms with Gasteiger partial charge in [-0.25, -0.2) is 30.7 Å². The minimum atomic E-state index is -4.32. The second-order valence-electron chi connectivity index (χ2n) is 11.3. The average molecular weight is 681 g/mol. The molecule has 0 aromatic heterocycles. The van der Waals surface area contributed by atoms with Crippen LogP contribution in [0, 0.1) is 46.6 Å². The van der Waals surface area contributed by atoms with Gasteiger partial charge in [-0.05, 0) is 47.9 Å². The first-order chi connectivity index (χ1) is 22.8. The summed E-state index contributed by atoms with van der Waals surface area (Å²) in [7, 11) is 0. The van der Waals surface area contributed by atoms with Gasteiger partial charge in [0.25, 0.3) is 0 Å². The van der Waals surface area contributed by atoms with Gasteiger partial charge in [0.05, 0.1) is 13.2 Å². The van der Waals surface area contributed by atoms with E-state index < -0.39 is 64.4 Å². The Hall–Kier alpha value is -4.29. The lowest BCUT2D eigenvalue weighted by atomic mass is 9.97. The molecule has 0 amide bonds. The van der Waals surface area contributed by atoms with Crippen molar-refractivity contribution in [2.24, 2.45) is 5.92 Å². The number of benzene rings is 4. The van der Waals surface area contributed by atoms with E-state index in [2.05, 4.69) is 11.7 Å². The molecule has 0 radical (unpaired) electrons. The van der Waals surface area contributed by atoms with Gasteiger partial charge in [0.2, 0.25) is 0 Å². The molecule has 0 bridgehead atoms. The predicted octanol–water partition coefficient (Wildman–Crippen LogP) is 10.9. The Bertz CT molecular complexity index is 1750. The van der Waals surface area contributed by atoms with Gasteiger partial charge in [0.1, 0.15) is 29.0 Å². The largest absolute Gasteiger partial charge is 0.429 e. The van der Waals surface area contributed by atoms with E-state index >= 15 is 8.78 Å². The summed E-state index contributed by atoms with van der Waals surface area (Å²) in [5.41, 5.74) is -0.814. The molecule has 0 saturated carbocycles. The first-order valence-corrected chi connectivity index (χ1v) is 15.1. The van der Waals surface area contributed by atoms with Gasteiger partial charge >= 0.3 is 6.11 Å². The fourth-order valence-corrected chi connectivity index (χ4v) is 5.28. The number of rotatable bonds is 11. The van der Waals surface area contributed by atoms with Crippen LogP contribution in [-0.4, -0.2) is 19.3 Å². The Balaban J connectivity index is 1.28. The maximum atomic E-state index is 15.2. The molecule has 4 aromatic carbocycles. The monoisotopic (exact) mass is 680 g/mol. The topological polar surface area (TPSA) is 27.7 Å². The highest BCUT2D eigenvalue weighted by molar-refractivity contribution is 5.72. The van der Waals surface area contributed by atoms with E-state index in [0.717, 1.165) is 31.7 Å².